The third-order valence-electron chi connectivity index (χ3n) is 2.77. The van der Waals surface area contributed by atoms with E-state index < -0.39 is 0 Å². The Kier molecular flexibility index (Phi) is 4.14. The van der Waals surface area contributed by atoms with Gasteiger partial charge in [0.25, 0.3) is 5.91 Å². The molecule has 0 spiro atoms. The maximum Gasteiger partial charge on any atom is 0.275 e. The normalized spacial score (nSPS) is 9.95. The molecule has 1 heterocycles. The van der Waals surface area contributed by atoms with E-state index >= 15 is 0 Å². The van der Waals surface area contributed by atoms with E-state index in [0.717, 1.165) is 5.56 Å². The Labute approximate surface area is 116 Å². The van der Waals surface area contributed by atoms with E-state index in [1.54, 1.807) is 26.4 Å². The van der Waals surface area contributed by atoms with Crippen LogP contribution in [-0.4, -0.2) is 30.1 Å². The number of hydrogen-bond acceptors (Lipinski definition) is 5. The van der Waals surface area contributed by atoms with Crippen LogP contribution in [0.4, 0.5) is 5.69 Å². The molecule has 0 atom stereocenters. The fourth-order valence-electron chi connectivity index (χ4n) is 1.72. The molecule has 6 heteroatoms. The Morgan fingerprint density at radius 2 is 1.85 bits per heavy atom. The molecule has 0 aliphatic heterocycles. The number of aryl methyl sites for hydroxylation is 1. The number of benzene rings is 1. The molecule has 0 aliphatic rings. The fraction of sp³-hybridized carbons (Fsp3) is 0.214. The molecule has 1 N–H and O–H groups in total. The minimum atomic E-state index is -0.326. The molecule has 2 aromatic rings. The summed E-state index contributed by atoms with van der Waals surface area (Å²) < 4.78 is 10.4. The number of nitrogens with one attached hydrogen (secondary N) is 1. The van der Waals surface area contributed by atoms with Crippen LogP contribution >= 0.6 is 0 Å². The van der Waals surface area contributed by atoms with Crippen molar-refractivity contribution in [3.05, 3.63) is 42.0 Å². The molecule has 0 saturated heterocycles. The number of anilines is 1. The number of carbonyl (C=O) groups is 1. The Morgan fingerprint density at radius 1 is 1.15 bits per heavy atom. The van der Waals surface area contributed by atoms with E-state index in [1.165, 1.54) is 18.6 Å². The summed E-state index contributed by atoms with van der Waals surface area (Å²) in [5.41, 5.74) is 1.75. The minimum Gasteiger partial charge on any atom is -0.493 e. The molecule has 0 bridgehead atoms. The van der Waals surface area contributed by atoms with Gasteiger partial charge in [-0.25, -0.2) is 4.98 Å². The van der Waals surface area contributed by atoms with Gasteiger partial charge >= 0.3 is 0 Å². The van der Waals surface area contributed by atoms with Crippen molar-refractivity contribution in [1.82, 2.24) is 9.97 Å². The topological polar surface area (TPSA) is 73.3 Å². The van der Waals surface area contributed by atoms with Gasteiger partial charge in [-0.1, -0.05) is 0 Å². The SMILES string of the molecule is COc1cc(C)c(NC(=O)c2cnccn2)cc1OC. The molecule has 2 rings (SSSR count). The van der Waals surface area contributed by atoms with E-state index in [1.807, 2.05) is 6.92 Å². The summed E-state index contributed by atoms with van der Waals surface area (Å²) in [7, 11) is 3.11. The van der Waals surface area contributed by atoms with Gasteiger partial charge in [0, 0.05) is 24.1 Å². The first-order valence-electron chi connectivity index (χ1n) is 5.95. The Balaban J connectivity index is 2.28. The lowest BCUT2D eigenvalue weighted by molar-refractivity contribution is 0.102. The zero-order valence-electron chi connectivity index (χ0n) is 11.5. The highest BCUT2D eigenvalue weighted by molar-refractivity contribution is 6.03. The molecule has 0 unspecified atom stereocenters. The number of amides is 1. The second-order valence-electron chi connectivity index (χ2n) is 4.07. The third-order valence-corrected chi connectivity index (χ3v) is 2.77. The monoisotopic (exact) mass is 273 g/mol. The summed E-state index contributed by atoms with van der Waals surface area (Å²) in [5, 5.41) is 2.78. The van der Waals surface area contributed by atoms with Gasteiger partial charge in [0.1, 0.15) is 5.69 Å². The number of rotatable bonds is 4. The predicted octanol–water partition coefficient (Wildman–Crippen LogP) is 2.05. The average molecular weight is 273 g/mol. The summed E-state index contributed by atoms with van der Waals surface area (Å²) >= 11 is 0. The zero-order valence-corrected chi connectivity index (χ0v) is 11.5. The molecule has 104 valence electrons. The second-order valence-corrected chi connectivity index (χ2v) is 4.07. The van der Waals surface area contributed by atoms with Crippen LogP contribution in [0.1, 0.15) is 16.1 Å². The summed E-state index contributed by atoms with van der Waals surface area (Å²) in [6.45, 7) is 1.87. The molecule has 1 aromatic heterocycles. The van der Waals surface area contributed by atoms with Gasteiger partial charge < -0.3 is 14.8 Å². The predicted molar refractivity (Wildman–Crippen MR) is 74.3 cm³/mol. The van der Waals surface area contributed by atoms with Crippen molar-refractivity contribution in [3.63, 3.8) is 0 Å². The highest BCUT2D eigenvalue weighted by Gasteiger charge is 2.12. The van der Waals surface area contributed by atoms with E-state index in [-0.39, 0.29) is 11.6 Å². The van der Waals surface area contributed by atoms with Crippen LogP contribution in [-0.2, 0) is 0 Å². The lowest BCUT2D eigenvalue weighted by Gasteiger charge is -2.13. The number of methoxy groups -OCH3 is 2. The molecular formula is C14H15N3O3. The number of hydrogen-bond donors (Lipinski definition) is 1. The van der Waals surface area contributed by atoms with E-state index in [0.29, 0.717) is 17.2 Å². The molecule has 1 aromatic carbocycles. The lowest BCUT2D eigenvalue weighted by atomic mass is 10.1. The number of nitrogens with zero attached hydrogens (tertiary/aromatic N) is 2. The van der Waals surface area contributed by atoms with E-state index in [2.05, 4.69) is 15.3 Å². The molecule has 0 saturated carbocycles. The first-order chi connectivity index (χ1) is 9.65. The van der Waals surface area contributed by atoms with Crippen molar-refractivity contribution < 1.29 is 14.3 Å². The standard InChI is InChI=1S/C14H15N3O3/c1-9-6-12(19-2)13(20-3)7-10(9)17-14(18)11-8-15-4-5-16-11/h4-8H,1-3H3,(H,17,18). The van der Waals surface area contributed by atoms with Crippen LogP contribution in [0.5, 0.6) is 11.5 Å². The maximum atomic E-state index is 12.0. The highest BCUT2D eigenvalue weighted by Crippen LogP contribution is 2.32. The van der Waals surface area contributed by atoms with Gasteiger partial charge in [-0.05, 0) is 18.6 Å². The first-order valence-corrected chi connectivity index (χ1v) is 5.95. The Hall–Kier alpha value is -2.63. The van der Waals surface area contributed by atoms with Crippen molar-refractivity contribution in [2.45, 2.75) is 6.92 Å². The van der Waals surface area contributed by atoms with Crippen LogP contribution in [0.2, 0.25) is 0 Å². The van der Waals surface area contributed by atoms with Crippen molar-refractivity contribution >= 4 is 11.6 Å². The minimum absolute atomic E-state index is 0.252. The quantitative estimate of drug-likeness (QED) is 0.923. The van der Waals surface area contributed by atoms with Gasteiger partial charge in [-0.15, -0.1) is 0 Å². The fourth-order valence-corrected chi connectivity index (χ4v) is 1.72. The summed E-state index contributed by atoms with van der Waals surface area (Å²) in [4.78, 5) is 19.8. The van der Waals surface area contributed by atoms with Gasteiger partial charge in [0.2, 0.25) is 0 Å². The van der Waals surface area contributed by atoms with Gasteiger partial charge in [0.15, 0.2) is 11.5 Å². The molecular weight excluding hydrogens is 258 g/mol. The molecule has 20 heavy (non-hydrogen) atoms. The van der Waals surface area contributed by atoms with Crippen LogP contribution in [0.3, 0.4) is 0 Å². The average Bonchev–Trinajstić information content (AvgIpc) is 2.49. The summed E-state index contributed by atoms with van der Waals surface area (Å²) in [6, 6.07) is 3.51. The van der Waals surface area contributed by atoms with Gasteiger partial charge in [-0.2, -0.15) is 0 Å². The maximum absolute atomic E-state index is 12.0. The Morgan fingerprint density at radius 3 is 2.45 bits per heavy atom. The summed E-state index contributed by atoms with van der Waals surface area (Å²) in [6.07, 6.45) is 4.39. The molecule has 0 radical (unpaired) electrons. The van der Waals surface area contributed by atoms with Crippen molar-refractivity contribution in [2.24, 2.45) is 0 Å². The lowest BCUT2D eigenvalue weighted by Crippen LogP contribution is -2.14. The summed E-state index contributed by atoms with van der Waals surface area (Å²) in [5.74, 6) is 0.837. The van der Waals surface area contributed by atoms with Crippen LogP contribution < -0.4 is 14.8 Å². The van der Waals surface area contributed by atoms with Crippen molar-refractivity contribution in [1.29, 1.82) is 0 Å². The van der Waals surface area contributed by atoms with Crippen LogP contribution in [0, 0.1) is 6.92 Å². The molecule has 0 aliphatic carbocycles. The van der Waals surface area contributed by atoms with E-state index in [4.69, 9.17) is 9.47 Å². The van der Waals surface area contributed by atoms with Crippen LogP contribution in [0.25, 0.3) is 0 Å². The highest BCUT2D eigenvalue weighted by atomic mass is 16.5. The first kappa shape index (κ1) is 13.8. The molecule has 0 fully saturated rings. The van der Waals surface area contributed by atoms with Gasteiger partial charge in [0.05, 0.1) is 20.4 Å². The molecule has 6 nitrogen and oxygen atoms in total. The van der Waals surface area contributed by atoms with Crippen molar-refractivity contribution in [3.8, 4) is 11.5 Å². The third kappa shape index (κ3) is 2.85. The van der Waals surface area contributed by atoms with Gasteiger partial charge in [-0.3, -0.25) is 9.78 Å². The number of carbonyl (C=O) groups excluding carboxylic acids is 1. The number of aromatic nitrogens is 2. The largest absolute Gasteiger partial charge is 0.493 e. The number of ether oxygens (including phenoxy) is 2. The smallest absolute Gasteiger partial charge is 0.275 e. The van der Waals surface area contributed by atoms with Crippen molar-refractivity contribution in [2.75, 3.05) is 19.5 Å². The molecule has 1 amide bonds. The zero-order chi connectivity index (χ0) is 14.5. The van der Waals surface area contributed by atoms with Crippen LogP contribution in [0.15, 0.2) is 30.7 Å². The second kappa shape index (κ2) is 6.01. The Bertz CT molecular complexity index is 615. The van der Waals surface area contributed by atoms with E-state index in [9.17, 15) is 4.79 Å².